The molecule has 0 aliphatic heterocycles. The number of aromatic amines is 1. The van der Waals surface area contributed by atoms with Crippen LogP contribution in [0.3, 0.4) is 0 Å². The van der Waals surface area contributed by atoms with Gasteiger partial charge in [-0.25, -0.2) is 0 Å². The number of hydrogen-bond acceptors (Lipinski definition) is 3. The number of H-pyrrole nitrogens is 1. The van der Waals surface area contributed by atoms with Crippen LogP contribution < -0.4 is 0 Å². The van der Waals surface area contributed by atoms with Crippen LogP contribution in [0.25, 0.3) is 0 Å². The number of aryl methyl sites for hydroxylation is 2. The van der Waals surface area contributed by atoms with Crippen LogP contribution in [0.15, 0.2) is 6.20 Å². The van der Waals surface area contributed by atoms with Gasteiger partial charge in [-0.3, -0.25) is 0 Å². The van der Waals surface area contributed by atoms with Gasteiger partial charge in [0.15, 0.2) is 5.92 Å². The molecule has 1 N–H and O–H groups in total. The van der Waals surface area contributed by atoms with E-state index in [1.807, 2.05) is 32.1 Å². The second-order valence-corrected chi connectivity index (χ2v) is 3.35. The van der Waals surface area contributed by atoms with E-state index in [9.17, 15) is 0 Å². The molecule has 1 heterocycles. The van der Waals surface area contributed by atoms with Gasteiger partial charge in [0.25, 0.3) is 0 Å². The summed E-state index contributed by atoms with van der Waals surface area (Å²) in [5.41, 5.74) is 2.52. The molecule has 15 heavy (non-hydrogen) atoms. The van der Waals surface area contributed by atoms with E-state index >= 15 is 0 Å². The Balaban J connectivity index is 3.23. The molecular weight excluding hydrogens is 188 g/mol. The van der Waals surface area contributed by atoms with Crippen LogP contribution in [0, 0.1) is 53.8 Å². The summed E-state index contributed by atoms with van der Waals surface area (Å²) in [4.78, 5) is 2.98. The molecule has 0 saturated carbocycles. The molecule has 0 aromatic carbocycles. The van der Waals surface area contributed by atoms with Crippen molar-refractivity contribution in [3.05, 3.63) is 23.0 Å². The van der Waals surface area contributed by atoms with Gasteiger partial charge in [-0.2, -0.15) is 15.8 Å². The number of nitriles is 3. The SMILES string of the molecule is Cc1c[nH]c(C)c1C(C#N)C(C#N)C#N. The van der Waals surface area contributed by atoms with Crippen LogP contribution in [0.4, 0.5) is 0 Å². The highest BCUT2D eigenvalue weighted by molar-refractivity contribution is 5.39. The van der Waals surface area contributed by atoms with Crippen LogP contribution in [-0.4, -0.2) is 4.98 Å². The first-order valence-corrected chi connectivity index (χ1v) is 4.49. The summed E-state index contributed by atoms with van der Waals surface area (Å²) in [5.74, 6) is -1.59. The fraction of sp³-hybridized carbons (Fsp3) is 0.364. The number of aromatic nitrogens is 1. The Morgan fingerprint density at radius 1 is 1.13 bits per heavy atom. The van der Waals surface area contributed by atoms with E-state index in [4.69, 9.17) is 15.8 Å². The van der Waals surface area contributed by atoms with E-state index in [0.717, 1.165) is 16.8 Å². The van der Waals surface area contributed by atoms with Crippen molar-refractivity contribution in [3.63, 3.8) is 0 Å². The summed E-state index contributed by atoms with van der Waals surface area (Å²) in [6.07, 6.45) is 1.78. The van der Waals surface area contributed by atoms with Gasteiger partial charge >= 0.3 is 0 Å². The van der Waals surface area contributed by atoms with Gasteiger partial charge in [-0.15, -0.1) is 0 Å². The van der Waals surface area contributed by atoms with Crippen molar-refractivity contribution >= 4 is 0 Å². The van der Waals surface area contributed by atoms with Crippen molar-refractivity contribution in [2.24, 2.45) is 5.92 Å². The van der Waals surface area contributed by atoms with E-state index in [0.29, 0.717) is 0 Å². The lowest BCUT2D eigenvalue weighted by atomic mass is 9.87. The summed E-state index contributed by atoms with van der Waals surface area (Å²) >= 11 is 0. The van der Waals surface area contributed by atoms with Gasteiger partial charge in [0.05, 0.1) is 18.2 Å². The van der Waals surface area contributed by atoms with Gasteiger partial charge < -0.3 is 4.98 Å². The molecule has 1 unspecified atom stereocenters. The van der Waals surface area contributed by atoms with E-state index in [2.05, 4.69) is 4.98 Å². The molecule has 0 amide bonds. The van der Waals surface area contributed by atoms with Crippen LogP contribution in [0.2, 0.25) is 0 Å². The lowest BCUT2D eigenvalue weighted by molar-refractivity contribution is 0.736. The molecule has 0 radical (unpaired) electrons. The zero-order valence-corrected chi connectivity index (χ0v) is 8.57. The minimum atomic E-state index is -0.914. The van der Waals surface area contributed by atoms with Crippen molar-refractivity contribution in [2.45, 2.75) is 19.8 Å². The molecule has 1 rings (SSSR count). The van der Waals surface area contributed by atoms with Gasteiger partial charge in [-0.05, 0) is 25.0 Å². The molecule has 0 fully saturated rings. The fourth-order valence-electron chi connectivity index (χ4n) is 1.63. The largest absolute Gasteiger partial charge is 0.365 e. The van der Waals surface area contributed by atoms with Crippen molar-refractivity contribution in [1.82, 2.24) is 4.98 Å². The highest BCUT2D eigenvalue weighted by atomic mass is 14.7. The third-order valence-electron chi connectivity index (χ3n) is 2.40. The van der Waals surface area contributed by atoms with Gasteiger partial charge in [-0.1, -0.05) is 0 Å². The smallest absolute Gasteiger partial charge is 0.153 e. The summed E-state index contributed by atoms with van der Waals surface area (Å²) in [7, 11) is 0. The quantitative estimate of drug-likeness (QED) is 0.787. The van der Waals surface area contributed by atoms with Crippen LogP contribution in [-0.2, 0) is 0 Å². The van der Waals surface area contributed by atoms with Crippen molar-refractivity contribution in [3.8, 4) is 18.2 Å². The second kappa shape index (κ2) is 4.31. The highest BCUT2D eigenvalue weighted by Gasteiger charge is 2.26. The summed E-state index contributed by atoms with van der Waals surface area (Å²) in [6.45, 7) is 3.69. The molecule has 0 spiro atoms. The molecule has 0 bridgehead atoms. The average molecular weight is 198 g/mol. The first-order chi connectivity index (χ1) is 7.15. The Morgan fingerprint density at radius 3 is 2.07 bits per heavy atom. The van der Waals surface area contributed by atoms with Crippen LogP contribution in [0.1, 0.15) is 22.7 Å². The van der Waals surface area contributed by atoms with Gasteiger partial charge in [0.2, 0.25) is 0 Å². The van der Waals surface area contributed by atoms with Gasteiger partial charge in [0, 0.05) is 11.9 Å². The Kier molecular flexibility index (Phi) is 3.11. The van der Waals surface area contributed by atoms with Crippen LogP contribution >= 0.6 is 0 Å². The molecular formula is C11H10N4. The minimum absolute atomic E-state index is 0.675. The van der Waals surface area contributed by atoms with Crippen molar-refractivity contribution in [1.29, 1.82) is 15.8 Å². The molecule has 74 valence electrons. The number of rotatable bonds is 2. The predicted octanol–water partition coefficient (Wildman–Crippen LogP) is 1.90. The molecule has 4 heteroatoms. The van der Waals surface area contributed by atoms with E-state index in [1.165, 1.54) is 0 Å². The molecule has 4 nitrogen and oxygen atoms in total. The zero-order valence-electron chi connectivity index (χ0n) is 8.57. The maximum Gasteiger partial charge on any atom is 0.153 e. The summed E-state index contributed by atoms with van der Waals surface area (Å²) < 4.78 is 0. The van der Waals surface area contributed by atoms with E-state index < -0.39 is 11.8 Å². The molecule has 0 aliphatic rings. The topological polar surface area (TPSA) is 87.2 Å². The fourth-order valence-corrected chi connectivity index (χ4v) is 1.63. The Hall–Kier alpha value is -2.25. The Bertz CT molecular complexity index is 445. The Labute approximate surface area is 88.4 Å². The van der Waals surface area contributed by atoms with Crippen molar-refractivity contribution < 1.29 is 0 Å². The lowest BCUT2D eigenvalue weighted by Gasteiger charge is -2.10. The Morgan fingerprint density at radius 2 is 1.73 bits per heavy atom. The highest BCUT2D eigenvalue weighted by Crippen LogP contribution is 2.28. The first-order valence-electron chi connectivity index (χ1n) is 4.49. The van der Waals surface area contributed by atoms with Crippen molar-refractivity contribution in [2.75, 3.05) is 0 Å². The first kappa shape index (κ1) is 10.8. The maximum atomic E-state index is 9.01. The standard InChI is InChI=1S/C11H10N4/c1-7-6-15-8(2)11(7)10(5-14)9(3-12)4-13/h6,9-10,15H,1-2H3. The third kappa shape index (κ3) is 1.82. The summed E-state index contributed by atoms with van der Waals surface area (Å²) in [6, 6.07) is 5.72. The minimum Gasteiger partial charge on any atom is -0.365 e. The maximum absolute atomic E-state index is 9.01. The lowest BCUT2D eigenvalue weighted by Crippen LogP contribution is -2.09. The summed E-state index contributed by atoms with van der Waals surface area (Å²) in [5, 5.41) is 26.6. The zero-order chi connectivity index (χ0) is 11.4. The second-order valence-electron chi connectivity index (χ2n) is 3.35. The molecule has 1 atom stereocenters. The van der Waals surface area contributed by atoms with Crippen LogP contribution in [0.5, 0.6) is 0 Å². The molecule has 0 saturated heterocycles. The van der Waals surface area contributed by atoms with E-state index in [1.54, 1.807) is 6.20 Å². The van der Waals surface area contributed by atoms with E-state index in [-0.39, 0.29) is 0 Å². The normalized spacial score (nSPS) is 11.5. The monoisotopic (exact) mass is 198 g/mol. The number of nitrogens with zero attached hydrogens (tertiary/aromatic N) is 3. The number of hydrogen-bond donors (Lipinski definition) is 1. The molecule has 0 aliphatic carbocycles. The predicted molar refractivity (Wildman–Crippen MR) is 53.3 cm³/mol. The molecule has 1 aromatic heterocycles. The third-order valence-corrected chi connectivity index (χ3v) is 2.40. The number of nitrogens with one attached hydrogen (secondary N) is 1. The molecule has 1 aromatic rings. The van der Waals surface area contributed by atoms with Gasteiger partial charge in [0.1, 0.15) is 5.92 Å². The average Bonchev–Trinajstić information content (AvgIpc) is 2.56.